The Morgan fingerprint density at radius 2 is 1.88 bits per heavy atom. The number of carboxylic acids is 2. The van der Waals surface area contributed by atoms with Crippen LogP contribution in [0.5, 0.6) is 0 Å². The van der Waals surface area contributed by atoms with Gasteiger partial charge in [-0.15, -0.1) is 0 Å². The van der Waals surface area contributed by atoms with Gasteiger partial charge in [-0.25, -0.2) is 9.59 Å². The van der Waals surface area contributed by atoms with E-state index in [-0.39, 0.29) is 23.7 Å². The smallest absolute Gasteiger partial charge is 0.335 e. The second-order valence-electron chi connectivity index (χ2n) is 3.70. The first-order valence-electron chi connectivity index (χ1n) is 5.22. The van der Waals surface area contributed by atoms with Crippen LogP contribution in [-0.4, -0.2) is 33.9 Å². The van der Waals surface area contributed by atoms with Gasteiger partial charge < -0.3 is 15.3 Å². The normalized spacial score (nSPS) is 12.1. The Labute approximate surface area is 98.3 Å². The summed E-state index contributed by atoms with van der Waals surface area (Å²) in [4.78, 5) is 21.8. The first-order valence-corrected chi connectivity index (χ1v) is 5.22. The fourth-order valence-corrected chi connectivity index (χ4v) is 1.68. The minimum absolute atomic E-state index is 0.0249. The maximum Gasteiger partial charge on any atom is 0.335 e. The molecule has 1 aromatic rings. The van der Waals surface area contributed by atoms with Crippen LogP contribution in [0, 0.1) is 0 Å². The zero-order chi connectivity index (χ0) is 13.0. The molecule has 0 radical (unpaired) electrons. The first kappa shape index (κ1) is 13.2. The molecule has 1 rings (SSSR count). The van der Waals surface area contributed by atoms with Gasteiger partial charge in [0.25, 0.3) is 0 Å². The van der Waals surface area contributed by atoms with Crippen molar-refractivity contribution in [3.8, 4) is 0 Å². The Kier molecular flexibility index (Phi) is 4.23. The number of benzene rings is 1. The lowest BCUT2D eigenvalue weighted by atomic mass is 9.91. The van der Waals surface area contributed by atoms with Crippen LogP contribution in [-0.2, 0) is 0 Å². The summed E-state index contributed by atoms with van der Waals surface area (Å²) in [6.45, 7) is 1.60. The highest BCUT2D eigenvalue weighted by Crippen LogP contribution is 2.24. The highest BCUT2D eigenvalue weighted by Gasteiger charge is 2.19. The van der Waals surface area contributed by atoms with E-state index >= 15 is 0 Å². The number of aliphatic hydroxyl groups is 1. The monoisotopic (exact) mass is 238 g/mol. The Balaban J connectivity index is 3.34. The summed E-state index contributed by atoms with van der Waals surface area (Å²) < 4.78 is 0. The van der Waals surface area contributed by atoms with Gasteiger partial charge in [0.2, 0.25) is 0 Å². The van der Waals surface area contributed by atoms with Gasteiger partial charge >= 0.3 is 11.9 Å². The highest BCUT2D eigenvalue weighted by molar-refractivity contribution is 5.93. The summed E-state index contributed by atoms with van der Waals surface area (Å²) in [7, 11) is 0. The Morgan fingerprint density at radius 3 is 2.29 bits per heavy atom. The number of carboxylic acid groups (broad SMARTS) is 2. The molecule has 0 amide bonds. The molecule has 5 heteroatoms. The van der Waals surface area contributed by atoms with Crippen molar-refractivity contribution in [1.82, 2.24) is 0 Å². The molecule has 1 aromatic carbocycles. The minimum Gasteiger partial charge on any atom is -0.478 e. The molecule has 0 aliphatic heterocycles. The number of rotatable bonds is 5. The summed E-state index contributed by atoms with van der Waals surface area (Å²) >= 11 is 0. The molecule has 0 bridgehead atoms. The van der Waals surface area contributed by atoms with Crippen molar-refractivity contribution >= 4 is 11.9 Å². The number of aliphatic hydroxyl groups excluding tert-OH is 1. The van der Waals surface area contributed by atoms with Crippen LogP contribution in [0.25, 0.3) is 0 Å². The van der Waals surface area contributed by atoms with Crippen molar-refractivity contribution < 1.29 is 24.9 Å². The molecular weight excluding hydrogens is 224 g/mol. The van der Waals surface area contributed by atoms with Gasteiger partial charge in [-0.05, 0) is 30.2 Å². The van der Waals surface area contributed by atoms with Crippen LogP contribution in [0.1, 0.15) is 45.5 Å². The summed E-state index contributed by atoms with van der Waals surface area (Å²) in [6.07, 6.45) is 0.542. The quantitative estimate of drug-likeness (QED) is 0.723. The molecule has 17 heavy (non-hydrogen) atoms. The van der Waals surface area contributed by atoms with E-state index in [9.17, 15) is 14.7 Å². The molecule has 1 atom stereocenters. The Morgan fingerprint density at radius 1 is 1.24 bits per heavy atom. The average Bonchev–Trinajstić information content (AvgIpc) is 2.30. The standard InChI is InChI=1S/C12H14O5/c1-2-7(6-13)10-5-8(11(14)15)3-4-9(10)12(16)17/h3-5,7,13H,2,6H2,1H3,(H,14,15)(H,16,17). The van der Waals surface area contributed by atoms with E-state index in [0.29, 0.717) is 12.0 Å². The van der Waals surface area contributed by atoms with Crippen molar-refractivity contribution in [2.75, 3.05) is 6.61 Å². The van der Waals surface area contributed by atoms with Gasteiger partial charge in [0, 0.05) is 12.5 Å². The molecule has 0 aromatic heterocycles. The van der Waals surface area contributed by atoms with Crippen LogP contribution in [0.3, 0.4) is 0 Å². The Bertz CT molecular complexity index is 435. The van der Waals surface area contributed by atoms with E-state index in [0.717, 1.165) is 0 Å². The highest BCUT2D eigenvalue weighted by atomic mass is 16.4. The van der Waals surface area contributed by atoms with Crippen molar-refractivity contribution in [3.63, 3.8) is 0 Å². The number of carbonyl (C=O) groups is 2. The van der Waals surface area contributed by atoms with E-state index in [4.69, 9.17) is 10.2 Å². The van der Waals surface area contributed by atoms with Crippen molar-refractivity contribution in [3.05, 3.63) is 34.9 Å². The van der Waals surface area contributed by atoms with Gasteiger partial charge in [-0.3, -0.25) is 0 Å². The SMILES string of the molecule is CCC(CO)c1cc(C(=O)O)ccc1C(=O)O. The van der Waals surface area contributed by atoms with E-state index in [2.05, 4.69) is 0 Å². The third-order valence-electron chi connectivity index (χ3n) is 2.68. The molecule has 1 unspecified atom stereocenters. The summed E-state index contributed by atoms with van der Waals surface area (Å²) in [6, 6.07) is 3.83. The van der Waals surface area contributed by atoms with Crippen LogP contribution >= 0.6 is 0 Å². The predicted octanol–water partition coefficient (Wildman–Crippen LogP) is 1.57. The van der Waals surface area contributed by atoms with E-state index in [1.807, 2.05) is 0 Å². The fourth-order valence-electron chi connectivity index (χ4n) is 1.68. The van der Waals surface area contributed by atoms with Crippen LogP contribution in [0.2, 0.25) is 0 Å². The molecule has 0 aliphatic carbocycles. The zero-order valence-electron chi connectivity index (χ0n) is 9.38. The van der Waals surface area contributed by atoms with Crippen molar-refractivity contribution in [2.45, 2.75) is 19.3 Å². The van der Waals surface area contributed by atoms with Crippen LogP contribution in [0.4, 0.5) is 0 Å². The predicted molar refractivity (Wildman–Crippen MR) is 60.5 cm³/mol. The molecule has 0 saturated carbocycles. The van der Waals surface area contributed by atoms with Crippen LogP contribution in [0.15, 0.2) is 18.2 Å². The second-order valence-corrected chi connectivity index (χ2v) is 3.70. The lowest BCUT2D eigenvalue weighted by Gasteiger charge is -2.15. The number of hydrogen-bond acceptors (Lipinski definition) is 3. The average molecular weight is 238 g/mol. The largest absolute Gasteiger partial charge is 0.478 e. The van der Waals surface area contributed by atoms with Crippen molar-refractivity contribution in [2.24, 2.45) is 0 Å². The molecule has 3 N–H and O–H groups in total. The van der Waals surface area contributed by atoms with Gasteiger partial charge in [0.15, 0.2) is 0 Å². The van der Waals surface area contributed by atoms with E-state index in [1.165, 1.54) is 18.2 Å². The molecule has 0 fully saturated rings. The third kappa shape index (κ3) is 2.82. The van der Waals surface area contributed by atoms with Gasteiger partial charge in [0.05, 0.1) is 11.1 Å². The lowest BCUT2D eigenvalue weighted by Crippen LogP contribution is -2.12. The molecule has 0 heterocycles. The molecule has 0 spiro atoms. The minimum atomic E-state index is -1.12. The van der Waals surface area contributed by atoms with E-state index < -0.39 is 11.9 Å². The Hall–Kier alpha value is -1.88. The number of aromatic carboxylic acids is 2. The number of hydrogen-bond donors (Lipinski definition) is 3. The van der Waals surface area contributed by atoms with Gasteiger partial charge in [-0.1, -0.05) is 6.92 Å². The summed E-state index contributed by atoms with van der Waals surface area (Å²) in [5.41, 5.74) is 0.426. The van der Waals surface area contributed by atoms with Gasteiger partial charge in [-0.2, -0.15) is 0 Å². The first-order chi connectivity index (χ1) is 8.01. The summed E-state index contributed by atoms with van der Waals surface area (Å²) in [5, 5.41) is 27.0. The molecule has 0 saturated heterocycles. The fraction of sp³-hybridized carbons (Fsp3) is 0.333. The summed E-state index contributed by atoms with van der Waals surface area (Å²) in [5.74, 6) is -2.60. The van der Waals surface area contributed by atoms with Crippen molar-refractivity contribution in [1.29, 1.82) is 0 Å². The topological polar surface area (TPSA) is 94.8 Å². The zero-order valence-corrected chi connectivity index (χ0v) is 9.38. The molecule has 92 valence electrons. The molecular formula is C12H14O5. The van der Waals surface area contributed by atoms with Gasteiger partial charge in [0.1, 0.15) is 0 Å². The van der Waals surface area contributed by atoms with E-state index in [1.54, 1.807) is 6.92 Å². The third-order valence-corrected chi connectivity index (χ3v) is 2.68. The van der Waals surface area contributed by atoms with Crippen LogP contribution < -0.4 is 0 Å². The maximum atomic E-state index is 11.0. The lowest BCUT2D eigenvalue weighted by molar-refractivity contribution is 0.0679. The molecule has 0 aliphatic rings. The second kappa shape index (κ2) is 5.45. The maximum absolute atomic E-state index is 11.0. The molecule has 5 nitrogen and oxygen atoms in total.